The van der Waals surface area contributed by atoms with Crippen molar-refractivity contribution < 1.29 is 0 Å². The molecule has 0 saturated carbocycles. The lowest BCUT2D eigenvalue weighted by molar-refractivity contribution is 1.01. The maximum absolute atomic E-state index is 4.19. The molecule has 1 atom stereocenters. The van der Waals surface area contributed by atoms with E-state index >= 15 is 0 Å². The molecule has 1 unspecified atom stereocenters. The Morgan fingerprint density at radius 3 is 2.58 bits per heavy atom. The van der Waals surface area contributed by atoms with E-state index in [1.165, 1.54) is 27.8 Å². The number of hydrogen-bond acceptors (Lipinski definition) is 0. The third kappa shape index (κ3) is 1.61. The summed E-state index contributed by atoms with van der Waals surface area (Å²) in [7, 11) is 4.78. The monoisotopic (exact) mass is 282 g/mol. The Labute approximate surface area is 118 Å². The summed E-state index contributed by atoms with van der Waals surface area (Å²) in [5, 5.41) is -0.116. The first kappa shape index (κ1) is 12.8. The predicted octanol–water partition coefficient (Wildman–Crippen LogP) is 4.80. The molecule has 0 spiro atoms. The lowest BCUT2D eigenvalue weighted by atomic mass is 9.92. The number of aryl methyl sites for hydroxylation is 1. The fraction of sp³-hybridized carbons (Fsp3) is 0.176. The zero-order chi connectivity index (χ0) is 13.5. The fourth-order valence-corrected chi connectivity index (χ4v) is 4.57. The van der Waals surface area contributed by atoms with Gasteiger partial charge in [0.05, 0.1) is 5.16 Å². The molecule has 2 aromatic rings. The number of benzene rings is 2. The fourth-order valence-electron chi connectivity index (χ4n) is 3.11. The molecule has 0 fully saturated rings. The Hall–Kier alpha value is -1.22. The van der Waals surface area contributed by atoms with Crippen molar-refractivity contribution in [2.75, 3.05) is 0 Å². The van der Waals surface area contributed by atoms with Gasteiger partial charge in [0, 0.05) is 0 Å². The Morgan fingerprint density at radius 1 is 1.16 bits per heavy atom. The highest BCUT2D eigenvalue weighted by Crippen LogP contribution is 2.54. The van der Waals surface area contributed by atoms with Crippen LogP contribution in [0.5, 0.6) is 0 Å². The molecular formula is C17H16P2. The summed E-state index contributed by atoms with van der Waals surface area (Å²) >= 11 is 0. The van der Waals surface area contributed by atoms with Crippen LogP contribution in [0.2, 0.25) is 0 Å². The highest BCUT2D eigenvalue weighted by Gasteiger charge is 2.40. The quantitative estimate of drug-likeness (QED) is 0.710. The molecule has 94 valence electrons. The minimum atomic E-state index is -0.116. The van der Waals surface area contributed by atoms with Gasteiger partial charge in [-0.05, 0) is 40.0 Å². The highest BCUT2D eigenvalue weighted by molar-refractivity contribution is 7.41. The first-order valence-corrected chi connectivity index (χ1v) is 8.16. The van der Waals surface area contributed by atoms with Crippen LogP contribution in [0.1, 0.15) is 23.6 Å². The molecule has 0 N–H and O–H groups in total. The van der Waals surface area contributed by atoms with Crippen molar-refractivity contribution in [2.24, 2.45) is 0 Å². The van der Waals surface area contributed by atoms with E-state index in [2.05, 4.69) is 70.3 Å². The molecule has 0 aliphatic heterocycles. The third-order valence-corrected chi connectivity index (χ3v) is 5.77. The van der Waals surface area contributed by atoms with Crippen LogP contribution in [0.25, 0.3) is 11.1 Å². The van der Waals surface area contributed by atoms with Crippen molar-refractivity contribution in [3.05, 3.63) is 59.2 Å². The molecule has 0 aromatic heterocycles. The van der Waals surface area contributed by atoms with E-state index in [1.54, 1.807) is 0 Å². The highest BCUT2D eigenvalue weighted by atomic mass is 31.1. The Bertz CT molecular complexity index is 663. The van der Waals surface area contributed by atoms with E-state index < -0.39 is 0 Å². The van der Waals surface area contributed by atoms with E-state index in [4.69, 9.17) is 0 Å². The molecule has 2 aromatic carbocycles. The second-order valence-corrected chi connectivity index (χ2v) is 6.12. The van der Waals surface area contributed by atoms with Crippen LogP contribution in [0.15, 0.2) is 42.5 Å². The minimum Gasteiger partial charge on any atom is -0.125 e. The van der Waals surface area contributed by atoms with Crippen LogP contribution < -0.4 is 0 Å². The van der Waals surface area contributed by atoms with Crippen LogP contribution in [-0.2, 0) is 11.6 Å². The van der Waals surface area contributed by atoms with E-state index in [0.29, 0.717) is 0 Å². The first-order chi connectivity index (χ1) is 9.28. The Morgan fingerprint density at radius 2 is 1.89 bits per heavy atom. The van der Waals surface area contributed by atoms with E-state index in [9.17, 15) is 0 Å². The van der Waals surface area contributed by atoms with Crippen molar-refractivity contribution in [1.29, 1.82) is 0 Å². The van der Waals surface area contributed by atoms with Crippen molar-refractivity contribution in [3.8, 4) is 11.1 Å². The van der Waals surface area contributed by atoms with E-state index in [1.807, 2.05) is 0 Å². The van der Waals surface area contributed by atoms with Crippen LogP contribution in [-0.4, -0.2) is 12.1 Å². The number of rotatable bonds is 3. The summed E-state index contributed by atoms with van der Waals surface area (Å²) in [6.07, 6.45) is 5.24. The summed E-state index contributed by atoms with van der Waals surface area (Å²) in [6.45, 7) is 2.22. The van der Waals surface area contributed by atoms with Crippen LogP contribution in [0.4, 0.5) is 0 Å². The molecule has 1 aliphatic rings. The van der Waals surface area contributed by atoms with Gasteiger partial charge in [-0.25, -0.2) is 0 Å². The third-order valence-electron chi connectivity index (χ3n) is 4.00. The molecule has 0 nitrogen and oxygen atoms in total. The van der Waals surface area contributed by atoms with Crippen molar-refractivity contribution in [3.63, 3.8) is 0 Å². The summed E-state index contributed by atoms with van der Waals surface area (Å²) in [6, 6.07) is 15.3. The zero-order valence-electron chi connectivity index (χ0n) is 11.0. The summed E-state index contributed by atoms with van der Waals surface area (Å²) in [4.78, 5) is 0. The average Bonchev–Trinajstić information content (AvgIpc) is 2.78. The smallest absolute Gasteiger partial charge is 0.0848 e. The summed E-state index contributed by atoms with van der Waals surface area (Å²) in [5.74, 6) is 2.13. The van der Waals surface area contributed by atoms with Crippen molar-refractivity contribution >= 4 is 29.2 Å². The van der Waals surface area contributed by atoms with Gasteiger partial charge in [-0.3, -0.25) is 0 Å². The van der Waals surface area contributed by atoms with Gasteiger partial charge in [0.1, 0.15) is 0 Å². The van der Waals surface area contributed by atoms with Crippen LogP contribution in [0, 0.1) is 0 Å². The standard InChI is InChI=1S/C17H16P2/c1-3-12-7-6-9-14-13-8-4-5-10-15(13)17(11-18,19-2)16(12)14/h4-11,18H,2-3H2,1H3. The second kappa shape index (κ2) is 4.71. The maximum Gasteiger partial charge on any atom is 0.0848 e. The number of fused-ring (bicyclic) bond motifs is 3. The van der Waals surface area contributed by atoms with Crippen molar-refractivity contribution in [1.82, 2.24) is 0 Å². The van der Waals surface area contributed by atoms with Crippen LogP contribution >= 0.6 is 17.1 Å². The van der Waals surface area contributed by atoms with Gasteiger partial charge in [-0.1, -0.05) is 63.9 Å². The molecule has 3 rings (SSSR count). The Kier molecular flexibility index (Phi) is 3.17. The number of hydrogen-bond donors (Lipinski definition) is 0. The molecule has 2 heteroatoms. The summed E-state index contributed by atoms with van der Waals surface area (Å²) in [5.41, 5.74) is 6.90. The average molecular weight is 282 g/mol. The first-order valence-electron chi connectivity index (χ1n) is 6.50. The molecule has 0 heterocycles. The molecule has 0 amide bonds. The van der Waals surface area contributed by atoms with E-state index in [-0.39, 0.29) is 5.16 Å². The zero-order valence-corrected chi connectivity index (χ0v) is 12.9. The lowest BCUT2D eigenvalue weighted by Gasteiger charge is -2.25. The van der Waals surface area contributed by atoms with Gasteiger partial charge in [0.2, 0.25) is 0 Å². The Balaban J connectivity index is 2.47. The van der Waals surface area contributed by atoms with Gasteiger partial charge >= 0.3 is 0 Å². The molecule has 1 aliphatic carbocycles. The largest absolute Gasteiger partial charge is 0.125 e. The minimum absolute atomic E-state index is 0.116. The van der Waals surface area contributed by atoms with Gasteiger partial charge in [0.15, 0.2) is 0 Å². The molecular weight excluding hydrogens is 266 g/mol. The predicted molar refractivity (Wildman–Crippen MR) is 90.5 cm³/mol. The van der Waals surface area contributed by atoms with E-state index in [0.717, 1.165) is 14.6 Å². The van der Waals surface area contributed by atoms with Gasteiger partial charge in [-0.15, -0.1) is 8.86 Å². The van der Waals surface area contributed by atoms with Crippen LogP contribution in [0.3, 0.4) is 0 Å². The van der Waals surface area contributed by atoms with Crippen molar-refractivity contribution in [2.45, 2.75) is 18.5 Å². The van der Waals surface area contributed by atoms with Gasteiger partial charge < -0.3 is 0 Å². The second-order valence-electron chi connectivity index (χ2n) is 4.81. The lowest BCUT2D eigenvalue weighted by Crippen LogP contribution is -2.20. The molecule has 0 saturated heterocycles. The molecule has 0 bridgehead atoms. The van der Waals surface area contributed by atoms with Gasteiger partial charge in [-0.2, -0.15) is 0 Å². The SMILES string of the molecule is C=PC1(C=P)c2ccccc2-c2cccc(CC)c21. The normalized spacial score (nSPS) is 20.1. The van der Waals surface area contributed by atoms with Gasteiger partial charge in [0.25, 0.3) is 0 Å². The summed E-state index contributed by atoms with van der Waals surface area (Å²) < 4.78 is 0. The topological polar surface area (TPSA) is 0 Å². The molecule has 19 heavy (non-hydrogen) atoms. The maximum atomic E-state index is 4.19. The molecule has 0 radical (unpaired) electrons.